The van der Waals surface area contributed by atoms with Crippen molar-refractivity contribution in [2.24, 2.45) is 7.05 Å². The molecule has 2 N–H and O–H groups in total. The summed E-state index contributed by atoms with van der Waals surface area (Å²) in [7, 11) is 3.41. The zero-order valence-electron chi connectivity index (χ0n) is 41.1. The number of halogens is 3. The van der Waals surface area contributed by atoms with E-state index in [0.717, 1.165) is 149 Å². The number of likely N-dealkylation sites (tertiary alicyclic amines) is 1. The van der Waals surface area contributed by atoms with Crippen LogP contribution in [0.1, 0.15) is 92.6 Å². The first kappa shape index (κ1) is 48.3. The normalized spacial score (nSPS) is 19.0. The molecule has 3 amide bonds. The number of nitrogens with zero attached hydrogens (tertiary/aromatic N) is 12. The van der Waals surface area contributed by atoms with E-state index in [2.05, 4.69) is 50.0 Å². The monoisotopic (exact) mass is 977 g/mol. The van der Waals surface area contributed by atoms with Crippen molar-refractivity contribution in [1.82, 2.24) is 49.5 Å². The summed E-state index contributed by atoms with van der Waals surface area (Å²) in [6.45, 7) is 9.27. The van der Waals surface area contributed by atoms with E-state index in [1.165, 1.54) is 6.07 Å². The zero-order valence-corrected chi connectivity index (χ0v) is 41.1. The van der Waals surface area contributed by atoms with Crippen LogP contribution in [0.3, 0.4) is 0 Å². The number of aromatic nitrogens is 6. The van der Waals surface area contributed by atoms with Crippen molar-refractivity contribution in [3.8, 4) is 11.1 Å². The van der Waals surface area contributed by atoms with Crippen molar-refractivity contribution in [1.29, 1.82) is 0 Å². The first-order valence-corrected chi connectivity index (χ1v) is 25.7. The van der Waals surface area contributed by atoms with E-state index in [1.807, 2.05) is 23.1 Å². The third-order valence-electron chi connectivity index (χ3n) is 15.3. The van der Waals surface area contributed by atoms with Gasteiger partial charge in [-0.2, -0.15) is 10.2 Å². The molecule has 2 aromatic carbocycles. The predicted octanol–water partition coefficient (Wildman–Crippen LogP) is 7.56. The van der Waals surface area contributed by atoms with Crippen LogP contribution in [-0.4, -0.2) is 141 Å². The summed E-state index contributed by atoms with van der Waals surface area (Å²) in [6, 6.07) is 12.5. The summed E-state index contributed by atoms with van der Waals surface area (Å²) in [5.74, 6) is 2.46. The van der Waals surface area contributed by atoms with Gasteiger partial charge in [-0.25, -0.2) is 27.9 Å². The SMILES string of the molecule is CNC(=O)N1CCc2c(c(N3CCCc4cc(-c5cnn(C)c5)c(C(F)F)cc43)nn2C2CCN(C(=O)CCCCCN3CCN(c4cc(N[C@@H]5CCCN(c6cccc(F)c6)C5)ncn4)CC3)CC2)C1. The third kappa shape index (κ3) is 10.8. The smallest absolute Gasteiger partial charge is 0.317 e. The molecule has 5 aliphatic heterocycles. The molecule has 8 heterocycles. The number of nitrogens with one attached hydrogen (secondary N) is 2. The summed E-state index contributed by atoms with van der Waals surface area (Å²) < 4.78 is 47.2. The van der Waals surface area contributed by atoms with Gasteiger partial charge in [0.05, 0.1) is 18.8 Å². The molecular formula is C52H67F3N14O2. The number of rotatable bonds is 14. The highest BCUT2D eigenvalue weighted by molar-refractivity contribution is 5.78. The minimum atomic E-state index is -2.68. The van der Waals surface area contributed by atoms with Crippen molar-refractivity contribution in [3.05, 3.63) is 89.4 Å². The van der Waals surface area contributed by atoms with E-state index < -0.39 is 6.43 Å². The van der Waals surface area contributed by atoms with Crippen molar-refractivity contribution in [3.63, 3.8) is 0 Å². The van der Waals surface area contributed by atoms with Gasteiger partial charge < -0.3 is 35.1 Å². The fraction of sp³-hybridized carbons (Fsp3) is 0.538. The molecule has 5 aliphatic rings. The summed E-state index contributed by atoms with van der Waals surface area (Å²) in [6.07, 6.45) is 11.6. The Morgan fingerprint density at radius 2 is 1.70 bits per heavy atom. The number of fused-ring (bicyclic) bond motifs is 2. The number of benzene rings is 2. The number of unbranched alkanes of at least 4 members (excludes halogenated alkanes) is 2. The van der Waals surface area contributed by atoms with Crippen LogP contribution in [0, 0.1) is 5.82 Å². The van der Waals surface area contributed by atoms with Crippen LogP contribution in [0.25, 0.3) is 11.1 Å². The van der Waals surface area contributed by atoms with E-state index >= 15 is 0 Å². The number of amides is 3. The summed E-state index contributed by atoms with van der Waals surface area (Å²) in [5.41, 5.74) is 5.81. The van der Waals surface area contributed by atoms with E-state index in [-0.39, 0.29) is 35.4 Å². The molecule has 3 saturated heterocycles. The molecule has 0 radical (unpaired) electrons. The van der Waals surface area contributed by atoms with Crippen LogP contribution in [0.2, 0.25) is 0 Å². The summed E-state index contributed by atoms with van der Waals surface area (Å²) >= 11 is 0. The molecule has 10 rings (SSSR count). The number of aryl methyl sites for hydroxylation is 2. The molecule has 0 saturated carbocycles. The molecule has 3 fully saturated rings. The molecule has 3 aromatic heterocycles. The van der Waals surface area contributed by atoms with Crippen LogP contribution in [-0.2, 0) is 31.2 Å². The molecule has 5 aromatic rings. The predicted molar refractivity (Wildman–Crippen MR) is 269 cm³/mol. The molecule has 378 valence electrons. The quantitative estimate of drug-likeness (QED) is 0.107. The molecule has 19 heteroatoms. The third-order valence-corrected chi connectivity index (χ3v) is 15.3. The van der Waals surface area contributed by atoms with Gasteiger partial charge in [0.2, 0.25) is 5.91 Å². The molecule has 71 heavy (non-hydrogen) atoms. The Hall–Kier alpha value is -6.37. The Morgan fingerprint density at radius 3 is 2.48 bits per heavy atom. The zero-order chi connectivity index (χ0) is 49.0. The Labute approximate surface area is 414 Å². The lowest BCUT2D eigenvalue weighted by Crippen LogP contribution is -2.47. The lowest BCUT2D eigenvalue weighted by molar-refractivity contribution is -0.132. The highest BCUT2D eigenvalue weighted by atomic mass is 19.3. The van der Waals surface area contributed by atoms with Crippen LogP contribution in [0.15, 0.2) is 61.2 Å². The van der Waals surface area contributed by atoms with Gasteiger partial charge in [-0.3, -0.25) is 19.1 Å². The summed E-state index contributed by atoms with van der Waals surface area (Å²) in [5, 5.41) is 15.9. The second-order valence-electron chi connectivity index (χ2n) is 19.9. The minimum Gasteiger partial charge on any atom is -0.369 e. The van der Waals surface area contributed by atoms with Crippen LogP contribution < -0.4 is 25.3 Å². The van der Waals surface area contributed by atoms with E-state index in [0.29, 0.717) is 56.7 Å². The van der Waals surface area contributed by atoms with Crippen LogP contribution >= 0.6 is 0 Å². The van der Waals surface area contributed by atoms with Gasteiger partial charge >= 0.3 is 6.03 Å². The topological polar surface area (TPSA) is 139 Å². The Bertz CT molecular complexity index is 2660. The van der Waals surface area contributed by atoms with Gasteiger partial charge in [0.25, 0.3) is 6.43 Å². The standard InChI is InChI=1S/C52H67F3N14O2/c1-56-52(71)67-22-16-45-44(34-67)51(68-19-7-9-36-27-42(37-31-59-62(2)32-37)43(50(54)55)29-46(36)68)61-69(45)40-14-20-65(21-15-40)49(70)13-4-3-5-17-63-23-25-64(26-24-63)48-30-47(57-35-58-48)60-39-11-8-18-66(33-39)41-12-6-10-38(53)28-41/h6,10,12,27-32,35,39-40,50H,3-5,7-9,11,13-26,33-34H2,1-2H3,(H,56,71)(H,57,58,60)/t39-/m1/s1. The number of alkyl halides is 2. The lowest BCUT2D eigenvalue weighted by atomic mass is 9.92. The first-order chi connectivity index (χ1) is 34.6. The summed E-state index contributed by atoms with van der Waals surface area (Å²) in [4.78, 5) is 48.6. The molecule has 16 nitrogen and oxygen atoms in total. The maximum atomic E-state index is 14.8. The average Bonchev–Trinajstić information content (AvgIpc) is 4.01. The second kappa shape index (κ2) is 21.5. The number of anilines is 5. The number of hydrogen-bond acceptors (Lipinski definition) is 11. The van der Waals surface area contributed by atoms with Crippen LogP contribution in [0.5, 0.6) is 0 Å². The average molecular weight is 977 g/mol. The fourth-order valence-corrected chi connectivity index (χ4v) is 11.5. The van der Waals surface area contributed by atoms with Gasteiger partial charge in [0.15, 0.2) is 5.82 Å². The number of carbonyl (C=O) groups excluding carboxylic acids is 2. The number of urea groups is 1. The number of hydrogen-bond donors (Lipinski definition) is 2. The van der Waals surface area contributed by atoms with Gasteiger partial charge in [-0.15, -0.1) is 0 Å². The minimum absolute atomic E-state index is 0.0354. The first-order valence-electron chi connectivity index (χ1n) is 25.7. The maximum absolute atomic E-state index is 14.8. The van der Waals surface area contributed by atoms with Crippen molar-refractivity contribution < 1.29 is 22.8 Å². The Kier molecular flexibility index (Phi) is 14.6. The van der Waals surface area contributed by atoms with E-state index in [1.54, 1.807) is 60.6 Å². The van der Waals surface area contributed by atoms with Crippen LogP contribution in [0.4, 0.5) is 46.8 Å². The number of piperidine rings is 2. The van der Waals surface area contributed by atoms with Gasteiger partial charge in [-0.05, 0) is 99.4 Å². The molecular weight excluding hydrogens is 910 g/mol. The Morgan fingerprint density at radius 1 is 0.859 bits per heavy atom. The molecule has 0 aliphatic carbocycles. The van der Waals surface area contributed by atoms with Crippen molar-refractivity contribution in [2.45, 2.75) is 95.7 Å². The highest BCUT2D eigenvalue weighted by Gasteiger charge is 2.36. The number of piperazine rings is 1. The van der Waals surface area contributed by atoms with Gasteiger partial charge in [0, 0.05) is 144 Å². The van der Waals surface area contributed by atoms with E-state index in [4.69, 9.17) is 5.10 Å². The lowest BCUT2D eigenvalue weighted by Gasteiger charge is -2.36. The van der Waals surface area contributed by atoms with Gasteiger partial charge in [0.1, 0.15) is 23.8 Å². The van der Waals surface area contributed by atoms with Crippen molar-refractivity contribution in [2.75, 3.05) is 99.1 Å². The maximum Gasteiger partial charge on any atom is 0.317 e. The fourth-order valence-electron chi connectivity index (χ4n) is 11.5. The molecule has 0 unspecified atom stereocenters. The number of carbonyl (C=O) groups is 2. The molecule has 1 atom stereocenters. The molecule has 0 spiro atoms. The highest BCUT2D eigenvalue weighted by Crippen LogP contribution is 2.44. The van der Waals surface area contributed by atoms with Gasteiger partial charge in [-0.1, -0.05) is 12.5 Å². The van der Waals surface area contributed by atoms with E-state index in [9.17, 15) is 22.8 Å². The molecule has 0 bridgehead atoms. The Balaban J connectivity index is 0.697. The van der Waals surface area contributed by atoms with Crippen molar-refractivity contribution >= 4 is 40.8 Å². The second-order valence-corrected chi connectivity index (χ2v) is 19.9. The largest absolute Gasteiger partial charge is 0.369 e.